The van der Waals surface area contributed by atoms with E-state index in [1.807, 2.05) is 18.5 Å². The zero-order chi connectivity index (χ0) is 3.54. The summed E-state index contributed by atoms with van der Waals surface area (Å²) in [4.78, 5) is 0. The molecule has 1 aromatic heterocycles. The summed E-state index contributed by atoms with van der Waals surface area (Å²) in [5.41, 5.74) is 0. The van der Waals surface area contributed by atoms with Gasteiger partial charge in [-0.05, 0) is 0 Å². The minimum absolute atomic E-state index is 0. The topological polar surface area (TPSA) is 59.9 Å². The van der Waals surface area contributed by atoms with Crippen molar-refractivity contribution in [2.45, 2.75) is 0 Å². The molecule has 1 aromatic rings. The first-order chi connectivity index (χ1) is 2.50. The Labute approximate surface area is 63.7 Å². The molecular formula is C3H6N2NaO. The van der Waals surface area contributed by atoms with E-state index < -0.39 is 0 Å². The van der Waals surface area contributed by atoms with E-state index in [1.54, 1.807) is 0 Å². The molecule has 3 nitrogen and oxygen atoms in total. The average Bonchev–Trinajstić information content (AvgIpc) is 1.76. The van der Waals surface area contributed by atoms with Gasteiger partial charge in [-0.2, -0.15) is 5.10 Å². The number of hydrogen-bond donors (Lipinski definition) is 1. The van der Waals surface area contributed by atoms with Crippen LogP contribution in [0.5, 0.6) is 0 Å². The number of nitrogens with one attached hydrogen (secondary N) is 2. The molecule has 0 aliphatic rings. The monoisotopic (exact) mass is 109 g/mol. The van der Waals surface area contributed by atoms with Crippen LogP contribution in [0.15, 0.2) is 18.5 Å². The molecule has 1 radical (unpaired) electrons. The van der Waals surface area contributed by atoms with Crippen molar-refractivity contribution in [3.63, 3.8) is 0 Å². The zero-order valence-corrected chi connectivity index (χ0v) is 6.18. The van der Waals surface area contributed by atoms with E-state index in [2.05, 4.69) is 10.2 Å². The molecule has 35 valence electrons. The van der Waals surface area contributed by atoms with Gasteiger partial charge in [0.05, 0.1) is 6.20 Å². The van der Waals surface area contributed by atoms with E-state index in [0.29, 0.717) is 0 Å². The average molecular weight is 109 g/mol. The summed E-state index contributed by atoms with van der Waals surface area (Å²) >= 11 is 0. The molecule has 0 aromatic carbocycles. The number of rotatable bonds is 0. The van der Waals surface area contributed by atoms with Crippen LogP contribution in [0.25, 0.3) is 0 Å². The van der Waals surface area contributed by atoms with Crippen LogP contribution in [0.4, 0.5) is 0 Å². The first kappa shape index (κ1) is 10.2. The number of H-pyrrole nitrogens is 2. The van der Waals surface area contributed by atoms with Crippen LogP contribution in [-0.4, -0.2) is 40.1 Å². The molecule has 3 N–H and O–H groups in total. The molecule has 0 saturated carbocycles. The van der Waals surface area contributed by atoms with E-state index in [0.717, 1.165) is 0 Å². The third-order valence-electron chi connectivity index (χ3n) is 0.442. The van der Waals surface area contributed by atoms with Crippen molar-refractivity contribution in [1.29, 1.82) is 0 Å². The van der Waals surface area contributed by atoms with Gasteiger partial charge in [0.25, 0.3) is 0 Å². The van der Waals surface area contributed by atoms with Crippen LogP contribution >= 0.6 is 0 Å². The second kappa shape index (κ2) is 6.17. The van der Waals surface area contributed by atoms with E-state index in [-0.39, 0.29) is 35.0 Å². The molecule has 0 saturated heterocycles. The van der Waals surface area contributed by atoms with Gasteiger partial charge < -0.3 is 5.48 Å². The van der Waals surface area contributed by atoms with Gasteiger partial charge in [0, 0.05) is 35.6 Å². The third-order valence-corrected chi connectivity index (χ3v) is 0.442. The molecule has 7 heavy (non-hydrogen) atoms. The zero-order valence-electron chi connectivity index (χ0n) is 4.18. The first-order valence-corrected chi connectivity index (χ1v) is 1.49. The van der Waals surface area contributed by atoms with Crippen LogP contribution in [-0.2, 0) is 0 Å². The van der Waals surface area contributed by atoms with Gasteiger partial charge in [0.1, 0.15) is 0 Å². The van der Waals surface area contributed by atoms with Crippen molar-refractivity contribution in [3.05, 3.63) is 18.5 Å². The maximum absolute atomic E-state index is 2.74. The first-order valence-electron chi connectivity index (χ1n) is 1.49. The number of aromatic nitrogens is 2. The Bertz CT molecular complexity index is 69.4. The standard InChI is InChI=1S/C3H4N2.Na.H2O/c1-2-4-5-3-1;;/h1-3H,(H,4,5);;1H2. The molecule has 4 heteroatoms. The second-order valence-corrected chi connectivity index (χ2v) is 0.814. The van der Waals surface area contributed by atoms with Crippen molar-refractivity contribution in [1.82, 2.24) is 5.10 Å². The van der Waals surface area contributed by atoms with Gasteiger partial charge in [-0.25, -0.2) is 0 Å². The minimum Gasteiger partial charge on any atom is -0.870 e. The van der Waals surface area contributed by atoms with Crippen LogP contribution in [0, 0.1) is 0 Å². The molecule has 0 spiro atoms. The van der Waals surface area contributed by atoms with Crippen molar-refractivity contribution < 1.29 is 10.6 Å². The molecular weight excluding hydrogens is 103 g/mol. The van der Waals surface area contributed by atoms with E-state index in [4.69, 9.17) is 0 Å². The maximum atomic E-state index is 2.74. The summed E-state index contributed by atoms with van der Waals surface area (Å²) in [7, 11) is 0. The minimum atomic E-state index is 0. The molecule has 0 amide bonds. The Morgan fingerprint density at radius 2 is 2.14 bits per heavy atom. The summed E-state index contributed by atoms with van der Waals surface area (Å²) < 4.78 is 0. The molecule has 1 rings (SSSR count). The molecule has 0 aliphatic heterocycles. The SMILES string of the molecule is [Na].[OH-].c1c[nH][nH+]c1. The van der Waals surface area contributed by atoms with Crippen LogP contribution < -0.4 is 5.10 Å². The van der Waals surface area contributed by atoms with Crippen LogP contribution in [0.2, 0.25) is 0 Å². The van der Waals surface area contributed by atoms with Gasteiger partial charge in [0.2, 0.25) is 0 Å². The van der Waals surface area contributed by atoms with E-state index >= 15 is 0 Å². The van der Waals surface area contributed by atoms with Crippen molar-refractivity contribution in [3.8, 4) is 0 Å². The predicted molar refractivity (Wildman–Crippen MR) is 25.0 cm³/mol. The fourth-order valence-electron chi connectivity index (χ4n) is 0.241. The Balaban J connectivity index is 0. The molecule has 0 aliphatic carbocycles. The van der Waals surface area contributed by atoms with Crippen LogP contribution in [0.3, 0.4) is 0 Å². The third kappa shape index (κ3) is 4.01. The predicted octanol–water partition coefficient (Wildman–Crippen LogP) is -0.729. The number of hydrogen-bond acceptors (Lipinski definition) is 1. The largest absolute Gasteiger partial charge is 0.870 e. The fourth-order valence-corrected chi connectivity index (χ4v) is 0.241. The van der Waals surface area contributed by atoms with Crippen molar-refractivity contribution in [2.24, 2.45) is 0 Å². The summed E-state index contributed by atoms with van der Waals surface area (Å²) in [6, 6.07) is 1.89. The normalized spacial score (nSPS) is 5.71. The van der Waals surface area contributed by atoms with Gasteiger partial charge in [-0.15, -0.1) is 5.10 Å². The molecule has 0 unspecified atom stereocenters. The second-order valence-electron chi connectivity index (χ2n) is 0.814. The Kier molecular flexibility index (Phi) is 9.00. The van der Waals surface area contributed by atoms with Gasteiger partial charge in [-0.1, -0.05) is 0 Å². The van der Waals surface area contributed by atoms with Crippen molar-refractivity contribution >= 4 is 29.6 Å². The Morgan fingerprint density at radius 3 is 2.29 bits per heavy atom. The smallest absolute Gasteiger partial charge is 0.192 e. The van der Waals surface area contributed by atoms with E-state index in [9.17, 15) is 0 Å². The summed E-state index contributed by atoms with van der Waals surface area (Å²) in [6.07, 6.45) is 3.64. The molecule has 0 bridgehead atoms. The molecule has 1 heterocycles. The Hall–Kier alpha value is 0.170. The maximum Gasteiger partial charge on any atom is 0.192 e. The van der Waals surface area contributed by atoms with Crippen molar-refractivity contribution in [2.75, 3.05) is 0 Å². The van der Waals surface area contributed by atoms with Crippen LogP contribution in [0.1, 0.15) is 0 Å². The van der Waals surface area contributed by atoms with Gasteiger partial charge in [-0.3, -0.25) is 0 Å². The molecule has 0 fully saturated rings. The summed E-state index contributed by atoms with van der Waals surface area (Å²) in [5.74, 6) is 0. The summed E-state index contributed by atoms with van der Waals surface area (Å²) in [5, 5.41) is 5.47. The van der Waals surface area contributed by atoms with E-state index in [1.165, 1.54) is 0 Å². The fraction of sp³-hybridized carbons (Fsp3) is 0. The quantitative estimate of drug-likeness (QED) is 0.439. The summed E-state index contributed by atoms with van der Waals surface area (Å²) in [6.45, 7) is 0. The Morgan fingerprint density at radius 1 is 1.43 bits per heavy atom. The van der Waals surface area contributed by atoms with Gasteiger partial charge >= 0.3 is 0 Å². The molecule has 0 atom stereocenters. The van der Waals surface area contributed by atoms with Gasteiger partial charge in [0.15, 0.2) is 6.20 Å². The number of aromatic amines is 2.